The highest BCUT2D eigenvalue weighted by Crippen LogP contribution is 2.33. The Morgan fingerprint density at radius 1 is 1.75 bits per heavy atom. The molecule has 1 aromatic heterocycles. The average molecular weight is 302 g/mol. The number of hydrogen-bond acceptors (Lipinski definition) is 6. The maximum atomic E-state index is 11.3. The SMILES string of the molecule is CC1(C(=O)O)COCC1Nc1ncc([N+](=O)[O-])cc1Cl. The molecule has 0 saturated carbocycles. The summed E-state index contributed by atoms with van der Waals surface area (Å²) in [4.78, 5) is 25.1. The second-order valence-electron chi connectivity index (χ2n) is 4.72. The van der Waals surface area contributed by atoms with E-state index >= 15 is 0 Å². The van der Waals surface area contributed by atoms with Crippen molar-refractivity contribution in [2.45, 2.75) is 13.0 Å². The van der Waals surface area contributed by atoms with Gasteiger partial charge in [0.15, 0.2) is 0 Å². The summed E-state index contributed by atoms with van der Waals surface area (Å²) in [5.74, 6) is -0.800. The van der Waals surface area contributed by atoms with Crippen molar-refractivity contribution in [3.8, 4) is 0 Å². The molecule has 0 radical (unpaired) electrons. The number of anilines is 1. The molecule has 2 unspecified atom stereocenters. The highest BCUT2D eigenvalue weighted by Gasteiger charge is 2.47. The third kappa shape index (κ3) is 2.52. The molecule has 2 atom stereocenters. The predicted molar refractivity (Wildman–Crippen MR) is 69.9 cm³/mol. The van der Waals surface area contributed by atoms with Crippen molar-refractivity contribution in [1.29, 1.82) is 0 Å². The van der Waals surface area contributed by atoms with E-state index in [1.54, 1.807) is 6.92 Å². The van der Waals surface area contributed by atoms with Crippen LogP contribution in [-0.4, -0.2) is 40.2 Å². The van der Waals surface area contributed by atoms with Gasteiger partial charge in [0.25, 0.3) is 5.69 Å². The van der Waals surface area contributed by atoms with Crippen LogP contribution in [0.5, 0.6) is 0 Å². The van der Waals surface area contributed by atoms with Crippen molar-refractivity contribution in [2.24, 2.45) is 5.41 Å². The second kappa shape index (κ2) is 5.22. The molecule has 0 aromatic carbocycles. The number of hydrogen-bond donors (Lipinski definition) is 2. The Hall–Kier alpha value is -1.93. The summed E-state index contributed by atoms with van der Waals surface area (Å²) in [6.07, 6.45) is 1.06. The normalized spacial score (nSPS) is 25.4. The molecule has 20 heavy (non-hydrogen) atoms. The molecule has 1 aliphatic rings. The quantitative estimate of drug-likeness (QED) is 0.640. The highest BCUT2D eigenvalue weighted by molar-refractivity contribution is 6.33. The van der Waals surface area contributed by atoms with E-state index in [0.29, 0.717) is 0 Å². The maximum Gasteiger partial charge on any atom is 0.313 e. The Kier molecular flexibility index (Phi) is 3.78. The van der Waals surface area contributed by atoms with E-state index in [4.69, 9.17) is 16.3 Å². The molecular formula is C11H12ClN3O5. The van der Waals surface area contributed by atoms with Crippen LogP contribution in [0.2, 0.25) is 5.02 Å². The number of nitrogens with one attached hydrogen (secondary N) is 1. The largest absolute Gasteiger partial charge is 0.481 e. The van der Waals surface area contributed by atoms with Crippen LogP contribution in [0.1, 0.15) is 6.92 Å². The minimum absolute atomic E-state index is 0.0545. The Bertz CT molecular complexity index is 567. The topological polar surface area (TPSA) is 115 Å². The number of carboxylic acids is 1. The van der Waals surface area contributed by atoms with Crippen LogP contribution in [0.4, 0.5) is 11.5 Å². The zero-order chi connectivity index (χ0) is 14.9. The lowest BCUT2D eigenvalue weighted by Crippen LogP contribution is -2.43. The van der Waals surface area contributed by atoms with Crippen LogP contribution in [-0.2, 0) is 9.53 Å². The molecule has 0 aliphatic carbocycles. The Balaban J connectivity index is 2.22. The predicted octanol–water partition coefficient (Wildman–Crippen LogP) is 1.54. The van der Waals surface area contributed by atoms with Crippen molar-refractivity contribution in [3.63, 3.8) is 0 Å². The molecule has 8 nitrogen and oxygen atoms in total. The summed E-state index contributed by atoms with van der Waals surface area (Å²) in [5.41, 5.74) is -1.34. The summed E-state index contributed by atoms with van der Waals surface area (Å²) >= 11 is 5.91. The van der Waals surface area contributed by atoms with Crippen molar-refractivity contribution in [3.05, 3.63) is 27.4 Å². The fourth-order valence-electron chi connectivity index (χ4n) is 1.88. The fraction of sp³-hybridized carbons (Fsp3) is 0.455. The lowest BCUT2D eigenvalue weighted by Gasteiger charge is -2.26. The van der Waals surface area contributed by atoms with Crippen LogP contribution in [0, 0.1) is 15.5 Å². The van der Waals surface area contributed by atoms with E-state index in [1.807, 2.05) is 0 Å². The molecule has 2 N–H and O–H groups in total. The van der Waals surface area contributed by atoms with E-state index in [2.05, 4.69) is 10.3 Å². The number of nitrogens with zero attached hydrogens (tertiary/aromatic N) is 2. The van der Waals surface area contributed by atoms with Gasteiger partial charge in [-0.15, -0.1) is 0 Å². The van der Waals surface area contributed by atoms with Crippen LogP contribution >= 0.6 is 11.6 Å². The summed E-state index contributed by atoms with van der Waals surface area (Å²) in [5, 5.41) is 22.8. The van der Waals surface area contributed by atoms with Crippen molar-refractivity contribution < 1.29 is 19.6 Å². The van der Waals surface area contributed by atoms with Crippen molar-refractivity contribution >= 4 is 29.1 Å². The van der Waals surface area contributed by atoms with Gasteiger partial charge in [-0.05, 0) is 6.92 Å². The van der Waals surface area contributed by atoms with Gasteiger partial charge in [-0.1, -0.05) is 11.6 Å². The zero-order valence-corrected chi connectivity index (χ0v) is 11.3. The molecular weight excluding hydrogens is 290 g/mol. The van der Waals surface area contributed by atoms with E-state index < -0.39 is 22.3 Å². The fourth-order valence-corrected chi connectivity index (χ4v) is 2.10. The first-order valence-corrected chi connectivity index (χ1v) is 6.10. The second-order valence-corrected chi connectivity index (χ2v) is 5.12. The molecule has 0 amide bonds. The van der Waals surface area contributed by atoms with Gasteiger partial charge >= 0.3 is 5.97 Å². The van der Waals surface area contributed by atoms with Gasteiger partial charge in [-0.25, -0.2) is 4.98 Å². The number of halogens is 1. The van der Waals surface area contributed by atoms with Gasteiger partial charge in [0.1, 0.15) is 17.4 Å². The van der Waals surface area contributed by atoms with E-state index in [1.165, 1.54) is 0 Å². The lowest BCUT2D eigenvalue weighted by atomic mass is 9.85. The van der Waals surface area contributed by atoms with E-state index in [9.17, 15) is 20.0 Å². The van der Waals surface area contributed by atoms with E-state index in [-0.39, 0.29) is 29.7 Å². The van der Waals surface area contributed by atoms with Gasteiger partial charge in [-0.3, -0.25) is 14.9 Å². The first kappa shape index (κ1) is 14.5. The van der Waals surface area contributed by atoms with Gasteiger partial charge < -0.3 is 15.2 Å². The van der Waals surface area contributed by atoms with Crippen LogP contribution in [0.25, 0.3) is 0 Å². The Morgan fingerprint density at radius 3 is 3.00 bits per heavy atom. The third-order valence-electron chi connectivity index (χ3n) is 3.29. The Morgan fingerprint density at radius 2 is 2.45 bits per heavy atom. The Labute approximate surface area is 118 Å². The minimum atomic E-state index is -1.10. The van der Waals surface area contributed by atoms with Gasteiger partial charge in [0.05, 0.1) is 29.2 Å². The molecule has 0 spiro atoms. The number of carboxylic acid groups (broad SMARTS) is 1. The number of aliphatic carboxylic acids is 1. The minimum Gasteiger partial charge on any atom is -0.481 e. The number of ether oxygens (including phenoxy) is 1. The van der Waals surface area contributed by atoms with Crippen molar-refractivity contribution in [1.82, 2.24) is 4.98 Å². The molecule has 1 saturated heterocycles. The van der Waals surface area contributed by atoms with Gasteiger partial charge in [-0.2, -0.15) is 0 Å². The number of aromatic nitrogens is 1. The molecule has 1 aliphatic heterocycles. The number of nitro groups is 1. The first-order chi connectivity index (χ1) is 9.34. The molecule has 0 bridgehead atoms. The monoisotopic (exact) mass is 301 g/mol. The van der Waals surface area contributed by atoms with Crippen LogP contribution in [0.3, 0.4) is 0 Å². The number of pyridine rings is 1. The van der Waals surface area contributed by atoms with E-state index in [0.717, 1.165) is 12.3 Å². The summed E-state index contributed by atoms with van der Waals surface area (Å²) < 4.78 is 5.19. The standard InChI is InChI=1S/C11H12ClN3O5/c1-11(10(16)17)5-20-4-8(11)14-9-7(12)2-6(3-13-9)15(18)19/h2-3,8H,4-5H2,1H3,(H,13,14)(H,16,17). The average Bonchev–Trinajstić information content (AvgIpc) is 2.74. The smallest absolute Gasteiger partial charge is 0.313 e. The molecule has 108 valence electrons. The lowest BCUT2D eigenvalue weighted by molar-refractivity contribution is -0.385. The maximum absolute atomic E-state index is 11.3. The zero-order valence-electron chi connectivity index (χ0n) is 10.5. The molecule has 9 heteroatoms. The molecule has 1 fully saturated rings. The summed E-state index contributed by atoms with van der Waals surface area (Å²) in [6.45, 7) is 1.82. The molecule has 2 heterocycles. The molecule has 2 rings (SSSR count). The van der Waals surface area contributed by atoms with Crippen molar-refractivity contribution in [2.75, 3.05) is 18.5 Å². The summed E-state index contributed by atoms with van der Waals surface area (Å²) in [7, 11) is 0. The van der Waals surface area contributed by atoms with Gasteiger partial charge in [0, 0.05) is 6.07 Å². The van der Waals surface area contributed by atoms with Gasteiger partial charge in [0.2, 0.25) is 0 Å². The number of carbonyl (C=O) groups is 1. The number of rotatable bonds is 4. The van der Waals surface area contributed by atoms with Crippen LogP contribution in [0.15, 0.2) is 12.3 Å². The highest BCUT2D eigenvalue weighted by atomic mass is 35.5. The molecule has 1 aromatic rings. The van der Waals surface area contributed by atoms with Crippen LogP contribution < -0.4 is 5.32 Å². The third-order valence-corrected chi connectivity index (χ3v) is 3.58. The summed E-state index contributed by atoms with van der Waals surface area (Å²) in [6, 6.07) is 0.636. The first-order valence-electron chi connectivity index (χ1n) is 5.72.